The van der Waals surface area contributed by atoms with Gasteiger partial charge in [-0.05, 0) is 95.1 Å². The van der Waals surface area contributed by atoms with Crippen molar-refractivity contribution in [1.29, 1.82) is 0 Å². The summed E-state index contributed by atoms with van der Waals surface area (Å²) in [6.45, 7) is 8.66. The molecule has 3 rings (SSSR count). The van der Waals surface area contributed by atoms with Crippen molar-refractivity contribution in [2.75, 3.05) is 6.61 Å². The third-order valence-corrected chi connectivity index (χ3v) is 6.67. The summed E-state index contributed by atoms with van der Waals surface area (Å²) < 4.78 is 15.3. The minimum absolute atomic E-state index is 0.276. The Labute approximate surface area is 216 Å². The summed E-state index contributed by atoms with van der Waals surface area (Å²) in [7, 11) is 0. The first-order chi connectivity index (χ1) is 15.2. The zero-order valence-electron chi connectivity index (χ0n) is 18.8. The van der Waals surface area contributed by atoms with Crippen LogP contribution in [0.2, 0.25) is 0 Å². The topological polar surface area (TPSA) is 73.7 Å². The molecule has 9 heteroatoms. The molecular weight excluding hydrogens is 636 g/mol. The molecule has 1 aromatic heterocycles. The van der Waals surface area contributed by atoms with Gasteiger partial charge in [0.25, 0.3) is 0 Å². The molecule has 3 atom stereocenters. The Kier molecular flexibility index (Phi) is 8.96. The second kappa shape index (κ2) is 11.3. The van der Waals surface area contributed by atoms with E-state index in [0.717, 1.165) is 5.69 Å². The standard InChI is InChI=1S/C23H29I2N3O4/c1-5-31-22(29)21(28-15(4)32-23(30)20(28)6-14(2)3)10-19-11-26-13-27(19)12-16-7-17(24)9-18(25)8-16/h7-9,11,13-15,20-21H,5-6,10,12H2,1-4H3. The van der Waals surface area contributed by atoms with Crippen molar-refractivity contribution >= 4 is 57.1 Å². The fourth-order valence-corrected chi connectivity index (χ4v) is 6.19. The van der Waals surface area contributed by atoms with Gasteiger partial charge >= 0.3 is 11.9 Å². The van der Waals surface area contributed by atoms with Crippen LogP contribution in [-0.4, -0.2) is 51.3 Å². The van der Waals surface area contributed by atoms with E-state index in [-0.39, 0.29) is 24.5 Å². The molecule has 1 fully saturated rings. The Bertz CT molecular complexity index is 942. The van der Waals surface area contributed by atoms with Gasteiger partial charge in [-0.25, -0.2) is 9.88 Å². The number of halogens is 2. The van der Waals surface area contributed by atoms with E-state index in [1.807, 2.05) is 11.8 Å². The molecule has 7 nitrogen and oxygen atoms in total. The molecule has 174 valence electrons. The van der Waals surface area contributed by atoms with Crippen molar-refractivity contribution in [3.05, 3.63) is 49.1 Å². The Morgan fingerprint density at radius 2 is 1.94 bits per heavy atom. The van der Waals surface area contributed by atoms with Gasteiger partial charge in [0.1, 0.15) is 12.1 Å². The molecule has 3 unspecified atom stereocenters. The molecule has 2 heterocycles. The molecule has 0 amide bonds. The van der Waals surface area contributed by atoms with Crippen LogP contribution in [0.4, 0.5) is 0 Å². The van der Waals surface area contributed by atoms with Crippen LogP contribution >= 0.6 is 45.2 Å². The van der Waals surface area contributed by atoms with Crippen LogP contribution < -0.4 is 0 Å². The van der Waals surface area contributed by atoms with E-state index < -0.39 is 18.3 Å². The Hall–Kier alpha value is -1.21. The molecule has 0 radical (unpaired) electrons. The molecular formula is C23H29I2N3O4. The van der Waals surface area contributed by atoms with Crippen molar-refractivity contribution in [3.63, 3.8) is 0 Å². The smallest absolute Gasteiger partial charge is 0.325 e. The molecule has 32 heavy (non-hydrogen) atoms. The van der Waals surface area contributed by atoms with Crippen LogP contribution in [0.1, 0.15) is 45.4 Å². The summed E-state index contributed by atoms with van der Waals surface area (Å²) in [6.07, 6.45) is 4.08. The minimum atomic E-state index is -0.633. The van der Waals surface area contributed by atoms with Crippen molar-refractivity contribution in [2.24, 2.45) is 5.92 Å². The number of benzene rings is 1. The highest BCUT2D eigenvalue weighted by molar-refractivity contribution is 14.1. The lowest BCUT2D eigenvalue weighted by atomic mass is 10.00. The zero-order valence-corrected chi connectivity index (χ0v) is 23.1. The predicted molar refractivity (Wildman–Crippen MR) is 138 cm³/mol. The van der Waals surface area contributed by atoms with Gasteiger partial charge in [-0.3, -0.25) is 9.59 Å². The van der Waals surface area contributed by atoms with Gasteiger partial charge in [-0.2, -0.15) is 0 Å². The Morgan fingerprint density at radius 1 is 1.25 bits per heavy atom. The van der Waals surface area contributed by atoms with Gasteiger partial charge in [-0.1, -0.05) is 13.8 Å². The number of carbonyl (C=O) groups is 2. The summed E-state index contributed by atoms with van der Waals surface area (Å²) in [4.78, 5) is 31.8. The highest BCUT2D eigenvalue weighted by Crippen LogP contribution is 2.28. The zero-order chi connectivity index (χ0) is 23.4. The highest BCUT2D eigenvalue weighted by atomic mass is 127. The van der Waals surface area contributed by atoms with Gasteiger partial charge < -0.3 is 14.0 Å². The number of carbonyl (C=O) groups excluding carboxylic acids is 2. The third kappa shape index (κ3) is 6.22. The summed E-state index contributed by atoms with van der Waals surface area (Å²) in [5.41, 5.74) is 2.07. The van der Waals surface area contributed by atoms with Gasteiger partial charge in [0, 0.05) is 32.0 Å². The summed E-state index contributed by atoms with van der Waals surface area (Å²) in [5, 5.41) is 0. The third-order valence-electron chi connectivity index (χ3n) is 5.43. The van der Waals surface area contributed by atoms with Gasteiger partial charge in [-0.15, -0.1) is 0 Å². The molecule has 1 aliphatic rings. The second-order valence-electron chi connectivity index (χ2n) is 8.39. The maximum atomic E-state index is 13.0. The first-order valence-corrected chi connectivity index (χ1v) is 12.9. The van der Waals surface area contributed by atoms with Crippen LogP contribution in [0.3, 0.4) is 0 Å². The minimum Gasteiger partial charge on any atom is -0.465 e. The van der Waals surface area contributed by atoms with E-state index in [2.05, 4.69) is 86.8 Å². The lowest BCUT2D eigenvalue weighted by Gasteiger charge is -2.32. The average Bonchev–Trinajstić information content (AvgIpc) is 3.22. The van der Waals surface area contributed by atoms with E-state index in [4.69, 9.17) is 9.47 Å². The molecule has 1 aliphatic heterocycles. The number of esters is 2. The number of ether oxygens (including phenoxy) is 2. The van der Waals surface area contributed by atoms with Crippen LogP contribution in [0, 0.1) is 13.1 Å². The second-order valence-corrected chi connectivity index (χ2v) is 10.9. The lowest BCUT2D eigenvalue weighted by molar-refractivity contribution is -0.153. The summed E-state index contributed by atoms with van der Waals surface area (Å²) in [5.74, 6) is -0.331. The van der Waals surface area contributed by atoms with E-state index in [1.54, 1.807) is 19.4 Å². The molecule has 0 bridgehead atoms. The van der Waals surface area contributed by atoms with Crippen molar-refractivity contribution in [1.82, 2.24) is 14.5 Å². The number of hydrogen-bond donors (Lipinski definition) is 0. The molecule has 0 N–H and O–H groups in total. The predicted octanol–water partition coefficient (Wildman–Crippen LogP) is 4.23. The van der Waals surface area contributed by atoms with Gasteiger partial charge in [0.05, 0.1) is 12.9 Å². The van der Waals surface area contributed by atoms with E-state index in [1.165, 1.54) is 12.7 Å². The molecule has 2 aromatic rings. The first-order valence-electron chi connectivity index (χ1n) is 10.8. The number of nitrogens with zero attached hydrogens (tertiary/aromatic N) is 3. The van der Waals surface area contributed by atoms with Crippen LogP contribution in [0.5, 0.6) is 0 Å². The van der Waals surface area contributed by atoms with Crippen LogP contribution in [0.25, 0.3) is 0 Å². The Morgan fingerprint density at radius 3 is 2.56 bits per heavy atom. The molecule has 1 aromatic carbocycles. The molecule has 0 spiro atoms. The number of hydrogen-bond acceptors (Lipinski definition) is 6. The van der Waals surface area contributed by atoms with Crippen LogP contribution in [-0.2, 0) is 32.0 Å². The van der Waals surface area contributed by atoms with Gasteiger partial charge in [0.15, 0.2) is 6.23 Å². The Balaban J connectivity index is 1.89. The summed E-state index contributed by atoms with van der Waals surface area (Å²) in [6, 6.07) is 5.31. The van der Waals surface area contributed by atoms with Gasteiger partial charge in [0.2, 0.25) is 0 Å². The lowest BCUT2D eigenvalue weighted by Crippen LogP contribution is -2.51. The first kappa shape index (κ1) is 25.4. The number of cyclic esters (lactones) is 1. The average molecular weight is 665 g/mol. The number of aromatic nitrogens is 2. The molecule has 1 saturated heterocycles. The van der Waals surface area contributed by atoms with Crippen molar-refractivity contribution < 1.29 is 19.1 Å². The summed E-state index contributed by atoms with van der Waals surface area (Å²) >= 11 is 4.63. The van der Waals surface area contributed by atoms with E-state index >= 15 is 0 Å². The number of imidazole rings is 1. The highest BCUT2D eigenvalue weighted by Gasteiger charge is 2.46. The monoisotopic (exact) mass is 665 g/mol. The maximum Gasteiger partial charge on any atom is 0.325 e. The SMILES string of the molecule is CCOC(=O)C(Cc1cncn1Cc1cc(I)cc(I)c1)N1C(C)OC(=O)C1CC(C)C. The van der Waals surface area contributed by atoms with Crippen molar-refractivity contribution in [3.8, 4) is 0 Å². The quantitative estimate of drug-likeness (QED) is 0.295. The maximum absolute atomic E-state index is 13.0. The van der Waals surface area contributed by atoms with E-state index in [9.17, 15) is 9.59 Å². The van der Waals surface area contributed by atoms with E-state index in [0.29, 0.717) is 19.4 Å². The largest absolute Gasteiger partial charge is 0.465 e. The normalized spacial score (nSPS) is 19.9. The number of rotatable bonds is 9. The van der Waals surface area contributed by atoms with Crippen molar-refractivity contribution in [2.45, 2.75) is 65.4 Å². The van der Waals surface area contributed by atoms with Crippen LogP contribution in [0.15, 0.2) is 30.7 Å². The molecule has 0 aliphatic carbocycles. The molecule has 0 saturated carbocycles. The fourth-order valence-electron chi connectivity index (χ4n) is 4.12. The fraction of sp³-hybridized carbons (Fsp3) is 0.522.